The summed E-state index contributed by atoms with van der Waals surface area (Å²) in [4.78, 5) is 28.2. The lowest BCUT2D eigenvalue weighted by atomic mass is 10.1. The molecule has 9 heteroatoms. The lowest BCUT2D eigenvalue weighted by Gasteiger charge is -2.32. The van der Waals surface area contributed by atoms with Crippen LogP contribution in [0.25, 0.3) is 0 Å². The number of sulfonamides is 1. The Hall–Kier alpha value is -3.17. The minimum atomic E-state index is -4.06. The van der Waals surface area contributed by atoms with Crippen LogP contribution in [0.5, 0.6) is 0 Å². The van der Waals surface area contributed by atoms with Crippen LogP contribution in [-0.2, 0) is 26.2 Å². The predicted octanol–water partition coefficient (Wildman–Crippen LogP) is 4.98. The smallest absolute Gasteiger partial charge is 0.264 e. The third-order valence-electron chi connectivity index (χ3n) is 5.92. The van der Waals surface area contributed by atoms with Gasteiger partial charge in [0, 0.05) is 17.6 Å². The third kappa shape index (κ3) is 7.66. The Morgan fingerprint density at radius 2 is 1.51 bits per heavy atom. The molecule has 0 aliphatic heterocycles. The Labute approximate surface area is 227 Å². The Balaban J connectivity index is 1.96. The van der Waals surface area contributed by atoms with E-state index in [1.165, 1.54) is 17.0 Å². The molecule has 3 rings (SSSR count). The van der Waals surface area contributed by atoms with Gasteiger partial charge in [-0.05, 0) is 55.3 Å². The first-order chi connectivity index (χ1) is 17.7. The van der Waals surface area contributed by atoms with Gasteiger partial charge in [-0.25, -0.2) is 8.42 Å². The van der Waals surface area contributed by atoms with E-state index in [4.69, 9.17) is 0 Å². The molecule has 0 spiro atoms. The van der Waals surface area contributed by atoms with E-state index >= 15 is 0 Å². The van der Waals surface area contributed by atoms with Crippen LogP contribution in [0.2, 0.25) is 0 Å². The summed E-state index contributed by atoms with van der Waals surface area (Å²) in [6.07, 6.45) is 1.76. The number of nitrogens with zero attached hydrogens (tertiary/aromatic N) is 2. The van der Waals surface area contributed by atoms with E-state index in [0.717, 1.165) is 27.2 Å². The van der Waals surface area contributed by atoms with E-state index in [9.17, 15) is 18.0 Å². The molecule has 0 heterocycles. The molecule has 0 aromatic heterocycles. The number of benzene rings is 3. The van der Waals surface area contributed by atoms with Crippen LogP contribution >= 0.6 is 15.9 Å². The molecule has 0 bridgehead atoms. The van der Waals surface area contributed by atoms with Crippen LogP contribution in [0, 0.1) is 0 Å². The second kappa shape index (κ2) is 13.4. The summed E-state index contributed by atoms with van der Waals surface area (Å²) in [6.45, 7) is 3.92. The molecule has 1 unspecified atom stereocenters. The standard InChI is InChI=1S/C28H32BrN3O4S/c1-3-4-19-30-28(34)22(2)31(20-23-11-7-5-8-12-23)27(33)21-32(25-17-15-24(29)16-18-25)37(35,36)26-13-9-6-10-14-26/h5-18,22H,3-4,19-21H2,1-2H3,(H,30,34). The van der Waals surface area contributed by atoms with E-state index in [-0.39, 0.29) is 17.3 Å². The van der Waals surface area contributed by atoms with Gasteiger partial charge in [0.2, 0.25) is 11.8 Å². The average Bonchev–Trinajstić information content (AvgIpc) is 2.91. The molecular weight excluding hydrogens is 554 g/mol. The maximum Gasteiger partial charge on any atom is 0.264 e. The molecule has 3 aromatic rings. The van der Waals surface area contributed by atoms with Gasteiger partial charge in [0.25, 0.3) is 10.0 Å². The number of carbonyl (C=O) groups is 2. The van der Waals surface area contributed by atoms with E-state index in [1.807, 2.05) is 37.3 Å². The first kappa shape index (κ1) is 28.4. The molecule has 37 heavy (non-hydrogen) atoms. The van der Waals surface area contributed by atoms with Crippen LogP contribution in [0.15, 0.2) is 94.3 Å². The molecule has 0 saturated carbocycles. The number of hydrogen-bond donors (Lipinski definition) is 1. The second-order valence-corrected chi connectivity index (χ2v) is 11.4. The van der Waals surface area contributed by atoms with Gasteiger partial charge in [0.1, 0.15) is 12.6 Å². The van der Waals surface area contributed by atoms with Crippen LogP contribution in [-0.4, -0.2) is 44.3 Å². The van der Waals surface area contributed by atoms with Gasteiger partial charge in [-0.2, -0.15) is 0 Å². The Kier molecular flexibility index (Phi) is 10.3. The quantitative estimate of drug-likeness (QED) is 0.304. The van der Waals surface area contributed by atoms with E-state index in [1.54, 1.807) is 49.4 Å². The van der Waals surface area contributed by atoms with Crippen molar-refractivity contribution in [1.82, 2.24) is 10.2 Å². The minimum Gasteiger partial charge on any atom is -0.354 e. The first-order valence-corrected chi connectivity index (χ1v) is 14.4. The zero-order valence-electron chi connectivity index (χ0n) is 21.0. The molecule has 0 aliphatic carbocycles. The molecule has 1 N–H and O–H groups in total. The third-order valence-corrected chi connectivity index (χ3v) is 8.23. The Bertz CT molecular complexity index is 1270. The summed E-state index contributed by atoms with van der Waals surface area (Å²) in [5.41, 5.74) is 1.19. The van der Waals surface area contributed by atoms with Gasteiger partial charge < -0.3 is 10.2 Å². The number of nitrogens with one attached hydrogen (secondary N) is 1. The maximum atomic E-state index is 13.8. The minimum absolute atomic E-state index is 0.0747. The van der Waals surface area contributed by atoms with Crippen molar-refractivity contribution in [3.63, 3.8) is 0 Å². The van der Waals surface area contributed by atoms with Crippen LogP contribution < -0.4 is 9.62 Å². The Morgan fingerprint density at radius 1 is 0.919 bits per heavy atom. The topological polar surface area (TPSA) is 86.8 Å². The van der Waals surface area contributed by atoms with Crippen LogP contribution in [0.3, 0.4) is 0 Å². The monoisotopic (exact) mass is 585 g/mol. The van der Waals surface area contributed by atoms with Crippen molar-refractivity contribution in [3.05, 3.63) is 95.0 Å². The molecule has 0 radical (unpaired) electrons. The molecule has 196 valence electrons. The van der Waals surface area contributed by atoms with Gasteiger partial charge in [-0.3, -0.25) is 13.9 Å². The number of hydrogen-bond acceptors (Lipinski definition) is 4. The lowest BCUT2D eigenvalue weighted by molar-refractivity contribution is -0.139. The summed E-state index contributed by atoms with van der Waals surface area (Å²) in [7, 11) is -4.06. The fourth-order valence-electron chi connectivity index (χ4n) is 3.75. The number of halogens is 1. The average molecular weight is 587 g/mol. The number of unbranched alkanes of at least 4 members (excludes halogenated alkanes) is 1. The largest absolute Gasteiger partial charge is 0.354 e. The fraction of sp³-hybridized carbons (Fsp3) is 0.286. The van der Waals surface area contributed by atoms with Crippen LogP contribution in [0.4, 0.5) is 5.69 Å². The number of anilines is 1. The molecule has 3 aromatic carbocycles. The van der Waals surface area contributed by atoms with E-state index in [0.29, 0.717) is 12.2 Å². The maximum absolute atomic E-state index is 13.8. The Morgan fingerprint density at radius 3 is 2.11 bits per heavy atom. The zero-order valence-corrected chi connectivity index (χ0v) is 23.4. The molecular formula is C28H32BrN3O4S. The number of carbonyl (C=O) groups excluding carboxylic acids is 2. The molecule has 1 atom stereocenters. The molecule has 7 nitrogen and oxygen atoms in total. The highest BCUT2D eigenvalue weighted by molar-refractivity contribution is 9.10. The van der Waals surface area contributed by atoms with Gasteiger partial charge in [-0.15, -0.1) is 0 Å². The first-order valence-electron chi connectivity index (χ1n) is 12.2. The molecule has 0 fully saturated rings. The van der Waals surface area contributed by atoms with E-state index < -0.39 is 28.5 Å². The highest BCUT2D eigenvalue weighted by atomic mass is 79.9. The van der Waals surface area contributed by atoms with Crippen molar-refractivity contribution >= 4 is 43.5 Å². The molecule has 0 saturated heterocycles. The van der Waals surface area contributed by atoms with Crippen molar-refractivity contribution in [2.24, 2.45) is 0 Å². The summed E-state index contributed by atoms with van der Waals surface area (Å²) < 4.78 is 29.2. The lowest BCUT2D eigenvalue weighted by Crippen LogP contribution is -2.51. The highest BCUT2D eigenvalue weighted by Crippen LogP contribution is 2.26. The summed E-state index contributed by atoms with van der Waals surface area (Å²) in [5, 5.41) is 2.88. The number of amides is 2. The van der Waals surface area contributed by atoms with Crippen molar-refractivity contribution in [2.45, 2.75) is 44.2 Å². The predicted molar refractivity (Wildman–Crippen MR) is 149 cm³/mol. The fourth-order valence-corrected chi connectivity index (χ4v) is 5.45. The summed E-state index contributed by atoms with van der Waals surface area (Å²) >= 11 is 3.37. The number of rotatable bonds is 12. The summed E-state index contributed by atoms with van der Waals surface area (Å²) in [5.74, 6) is -0.761. The summed E-state index contributed by atoms with van der Waals surface area (Å²) in [6, 6.07) is 23.3. The van der Waals surface area contributed by atoms with Crippen molar-refractivity contribution in [2.75, 3.05) is 17.4 Å². The molecule has 2 amide bonds. The van der Waals surface area contributed by atoms with Gasteiger partial charge >= 0.3 is 0 Å². The second-order valence-electron chi connectivity index (χ2n) is 8.63. The van der Waals surface area contributed by atoms with E-state index in [2.05, 4.69) is 21.2 Å². The van der Waals surface area contributed by atoms with Gasteiger partial charge in [0.15, 0.2) is 0 Å². The van der Waals surface area contributed by atoms with Crippen molar-refractivity contribution in [3.8, 4) is 0 Å². The van der Waals surface area contributed by atoms with Crippen LogP contribution in [0.1, 0.15) is 32.3 Å². The van der Waals surface area contributed by atoms with Crippen molar-refractivity contribution in [1.29, 1.82) is 0 Å². The SMILES string of the molecule is CCCCNC(=O)C(C)N(Cc1ccccc1)C(=O)CN(c1ccc(Br)cc1)S(=O)(=O)c1ccccc1. The van der Waals surface area contributed by atoms with Crippen molar-refractivity contribution < 1.29 is 18.0 Å². The van der Waals surface area contributed by atoms with Gasteiger partial charge in [0.05, 0.1) is 10.6 Å². The zero-order chi connectivity index (χ0) is 26.8. The molecule has 0 aliphatic rings. The van der Waals surface area contributed by atoms with Gasteiger partial charge in [-0.1, -0.05) is 77.8 Å². The highest BCUT2D eigenvalue weighted by Gasteiger charge is 2.32. The normalized spacial score (nSPS) is 12.0.